The predicted octanol–water partition coefficient (Wildman–Crippen LogP) is 1.45. The lowest BCUT2D eigenvalue weighted by Crippen LogP contribution is -2.28. The minimum absolute atomic E-state index is 0.226. The smallest absolute Gasteiger partial charge is 0.314 e. The summed E-state index contributed by atoms with van der Waals surface area (Å²) < 4.78 is 5.54. The molecule has 0 aliphatic heterocycles. The summed E-state index contributed by atoms with van der Waals surface area (Å²) in [5.74, 6) is 0.565. The van der Waals surface area contributed by atoms with E-state index >= 15 is 0 Å². The van der Waals surface area contributed by atoms with E-state index in [0.29, 0.717) is 16.8 Å². The Kier molecular flexibility index (Phi) is 2.96. The number of nitrogens with zero attached hydrogens (tertiary/aromatic N) is 2. The van der Waals surface area contributed by atoms with E-state index in [4.69, 9.17) is 16.3 Å². The van der Waals surface area contributed by atoms with Crippen LogP contribution in [0.1, 0.15) is 0 Å². The molecule has 20 heavy (non-hydrogen) atoms. The standard InChI is InChI=1S/C12H7ClN4O3/c13-8-4-9(15-5-14-8)20-7-3-1-2-6-10(7)17-12(19)11(18)16-6/h1-5H,(H,16,18)(H,17,19). The molecule has 0 amide bonds. The zero-order valence-corrected chi connectivity index (χ0v) is 10.6. The minimum atomic E-state index is -0.755. The Balaban J connectivity index is 2.14. The van der Waals surface area contributed by atoms with Crippen molar-refractivity contribution in [1.29, 1.82) is 0 Å². The number of H-pyrrole nitrogens is 2. The second-order valence-electron chi connectivity index (χ2n) is 3.87. The highest BCUT2D eigenvalue weighted by molar-refractivity contribution is 6.29. The number of aromatic amines is 2. The van der Waals surface area contributed by atoms with Crippen LogP contribution in [0.5, 0.6) is 11.6 Å². The number of aromatic nitrogens is 4. The van der Waals surface area contributed by atoms with Crippen LogP contribution in [0.4, 0.5) is 0 Å². The fourth-order valence-corrected chi connectivity index (χ4v) is 1.82. The molecule has 3 aromatic rings. The quantitative estimate of drug-likeness (QED) is 0.549. The molecule has 2 heterocycles. The molecule has 0 saturated heterocycles. The van der Waals surface area contributed by atoms with Crippen molar-refractivity contribution >= 4 is 22.6 Å². The molecule has 8 heteroatoms. The van der Waals surface area contributed by atoms with Crippen molar-refractivity contribution in [1.82, 2.24) is 19.9 Å². The zero-order chi connectivity index (χ0) is 14.1. The number of ether oxygens (including phenoxy) is 1. The van der Waals surface area contributed by atoms with E-state index in [-0.39, 0.29) is 11.0 Å². The molecule has 0 atom stereocenters. The number of fused-ring (bicyclic) bond motifs is 1. The van der Waals surface area contributed by atoms with E-state index in [1.807, 2.05) is 0 Å². The largest absolute Gasteiger partial charge is 0.437 e. The Hall–Kier alpha value is -2.67. The van der Waals surface area contributed by atoms with Gasteiger partial charge in [-0.3, -0.25) is 9.59 Å². The fourth-order valence-electron chi connectivity index (χ4n) is 1.68. The van der Waals surface area contributed by atoms with Crippen molar-refractivity contribution < 1.29 is 4.74 Å². The molecule has 2 aromatic heterocycles. The summed E-state index contributed by atoms with van der Waals surface area (Å²) in [6.45, 7) is 0. The van der Waals surface area contributed by atoms with Gasteiger partial charge in [0.25, 0.3) is 0 Å². The number of para-hydroxylation sites is 1. The molecule has 0 saturated carbocycles. The number of nitrogens with one attached hydrogen (secondary N) is 2. The van der Waals surface area contributed by atoms with Crippen LogP contribution in [0.3, 0.4) is 0 Å². The first-order chi connectivity index (χ1) is 9.63. The number of hydrogen-bond acceptors (Lipinski definition) is 5. The Labute approximate surface area is 116 Å². The Bertz CT molecular complexity index is 903. The molecule has 1 aromatic carbocycles. The van der Waals surface area contributed by atoms with Gasteiger partial charge in [-0.25, -0.2) is 9.97 Å². The monoisotopic (exact) mass is 290 g/mol. The van der Waals surface area contributed by atoms with Crippen LogP contribution >= 0.6 is 11.6 Å². The maximum atomic E-state index is 11.4. The molecule has 0 spiro atoms. The molecular formula is C12H7ClN4O3. The molecule has 3 rings (SSSR count). The van der Waals surface area contributed by atoms with E-state index < -0.39 is 11.1 Å². The van der Waals surface area contributed by atoms with Crippen LogP contribution in [0, 0.1) is 0 Å². The summed E-state index contributed by atoms with van der Waals surface area (Å²) in [7, 11) is 0. The van der Waals surface area contributed by atoms with Crippen molar-refractivity contribution in [2.24, 2.45) is 0 Å². The molecule has 0 unspecified atom stereocenters. The van der Waals surface area contributed by atoms with Crippen LogP contribution in [-0.4, -0.2) is 19.9 Å². The first kappa shape index (κ1) is 12.4. The molecule has 2 N–H and O–H groups in total. The summed E-state index contributed by atoms with van der Waals surface area (Å²) in [6.07, 6.45) is 1.26. The van der Waals surface area contributed by atoms with Crippen LogP contribution in [0.25, 0.3) is 11.0 Å². The van der Waals surface area contributed by atoms with Crippen molar-refractivity contribution in [3.05, 3.63) is 56.5 Å². The van der Waals surface area contributed by atoms with Crippen LogP contribution < -0.4 is 15.9 Å². The number of rotatable bonds is 2. The van der Waals surface area contributed by atoms with Gasteiger partial charge < -0.3 is 14.7 Å². The second kappa shape index (κ2) is 4.78. The van der Waals surface area contributed by atoms with Crippen molar-refractivity contribution in [2.45, 2.75) is 0 Å². The fraction of sp³-hybridized carbons (Fsp3) is 0. The maximum Gasteiger partial charge on any atom is 0.314 e. The lowest BCUT2D eigenvalue weighted by atomic mass is 10.3. The van der Waals surface area contributed by atoms with E-state index in [1.165, 1.54) is 12.4 Å². The predicted molar refractivity (Wildman–Crippen MR) is 72.3 cm³/mol. The molecule has 100 valence electrons. The summed E-state index contributed by atoms with van der Waals surface area (Å²) in [6, 6.07) is 6.39. The highest BCUT2D eigenvalue weighted by atomic mass is 35.5. The van der Waals surface area contributed by atoms with E-state index in [1.54, 1.807) is 18.2 Å². The summed E-state index contributed by atoms with van der Waals surface area (Å²) in [5.41, 5.74) is -0.659. The third kappa shape index (κ3) is 2.26. The molecule has 0 bridgehead atoms. The highest BCUT2D eigenvalue weighted by Crippen LogP contribution is 2.25. The second-order valence-corrected chi connectivity index (χ2v) is 4.26. The van der Waals surface area contributed by atoms with Gasteiger partial charge in [-0.1, -0.05) is 17.7 Å². The molecule has 0 fully saturated rings. The number of hydrogen-bond donors (Lipinski definition) is 2. The normalized spacial score (nSPS) is 10.7. The Morgan fingerprint density at radius 3 is 2.70 bits per heavy atom. The van der Waals surface area contributed by atoms with Gasteiger partial charge in [-0.2, -0.15) is 0 Å². The molecular weight excluding hydrogens is 284 g/mol. The average Bonchev–Trinajstić information content (AvgIpc) is 2.41. The lowest BCUT2D eigenvalue weighted by molar-refractivity contribution is 0.465. The summed E-state index contributed by atoms with van der Waals surface area (Å²) >= 11 is 5.74. The van der Waals surface area contributed by atoms with Crippen molar-refractivity contribution in [2.75, 3.05) is 0 Å². The van der Waals surface area contributed by atoms with Crippen molar-refractivity contribution in [3.63, 3.8) is 0 Å². The number of halogens is 1. The third-order valence-electron chi connectivity index (χ3n) is 2.54. The van der Waals surface area contributed by atoms with Crippen LogP contribution in [0.15, 0.2) is 40.2 Å². The van der Waals surface area contributed by atoms with E-state index in [9.17, 15) is 9.59 Å². The molecule has 0 aliphatic carbocycles. The van der Waals surface area contributed by atoms with Gasteiger partial charge >= 0.3 is 11.1 Å². The van der Waals surface area contributed by atoms with Gasteiger partial charge in [0.1, 0.15) is 17.0 Å². The SMILES string of the molecule is O=c1[nH]c2cccc(Oc3cc(Cl)ncn3)c2[nH]c1=O. The van der Waals surface area contributed by atoms with Crippen molar-refractivity contribution in [3.8, 4) is 11.6 Å². The summed E-state index contributed by atoms with van der Waals surface area (Å²) in [5, 5.41) is 0.233. The zero-order valence-electron chi connectivity index (χ0n) is 9.88. The van der Waals surface area contributed by atoms with Gasteiger partial charge in [-0.15, -0.1) is 0 Å². The average molecular weight is 291 g/mol. The Morgan fingerprint density at radius 2 is 1.90 bits per heavy atom. The topological polar surface area (TPSA) is 101 Å². The highest BCUT2D eigenvalue weighted by Gasteiger charge is 2.07. The Morgan fingerprint density at radius 1 is 1.10 bits per heavy atom. The minimum Gasteiger partial charge on any atom is -0.437 e. The lowest BCUT2D eigenvalue weighted by Gasteiger charge is -2.07. The van der Waals surface area contributed by atoms with E-state index in [0.717, 1.165) is 0 Å². The van der Waals surface area contributed by atoms with Crippen LogP contribution in [0.2, 0.25) is 5.15 Å². The summed E-state index contributed by atoms with van der Waals surface area (Å²) in [4.78, 5) is 35.2. The molecule has 0 radical (unpaired) electrons. The van der Waals surface area contributed by atoms with Gasteiger partial charge in [-0.05, 0) is 12.1 Å². The van der Waals surface area contributed by atoms with Gasteiger partial charge in [0, 0.05) is 6.07 Å². The van der Waals surface area contributed by atoms with Gasteiger partial charge in [0.2, 0.25) is 5.88 Å². The number of benzene rings is 1. The first-order valence-corrected chi connectivity index (χ1v) is 5.92. The van der Waals surface area contributed by atoms with E-state index in [2.05, 4.69) is 19.9 Å². The molecule has 0 aliphatic rings. The maximum absolute atomic E-state index is 11.4. The third-order valence-corrected chi connectivity index (χ3v) is 2.75. The van der Waals surface area contributed by atoms with Crippen LogP contribution in [-0.2, 0) is 0 Å². The first-order valence-electron chi connectivity index (χ1n) is 5.54. The van der Waals surface area contributed by atoms with Gasteiger partial charge in [0.05, 0.1) is 5.52 Å². The van der Waals surface area contributed by atoms with Gasteiger partial charge in [0.15, 0.2) is 5.75 Å². The molecule has 7 nitrogen and oxygen atoms in total.